The van der Waals surface area contributed by atoms with Crippen LogP contribution in [0.2, 0.25) is 0 Å². The third-order valence-corrected chi connectivity index (χ3v) is 2.38. The Hall–Kier alpha value is -1.36. The fourth-order valence-corrected chi connectivity index (χ4v) is 1.22. The lowest BCUT2D eigenvalue weighted by Gasteiger charge is -2.26. The molecule has 1 atom stereocenters. The highest BCUT2D eigenvalue weighted by Gasteiger charge is 2.15. The Balaban J connectivity index is 3.13. The highest BCUT2D eigenvalue weighted by Crippen LogP contribution is 2.27. The summed E-state index contributed by atoms with van der Waals surface area (Å²) in [6, 6.07) is 1.62. The first-order chi connectivity index (χ1) is 6.97. The first-order valence-electron chi connectivity index (χ1n) is 4.55. The van der Waals surface area contributed by atoms with Crippen molar-refractivity contribution in [2.75, 3.05) is 24.3 Å². The van der Waals surface area contributed by atoms with Crippen LogP contribution in [0.4, 0.5) is 20.2 Å². The Morgan fingerprint density at radius 1 is 1.47 bits per heavy atom. The van der Waals surface area contributed by atoms with Gasteiger partial charge < -0.3 is 15.7 Å². The number of benzene rings is 1. The average molecular weight is 216 g/mol. The van der Waals surface area contributed by atoms with Crippen LogP contribution in [0, 0.1) is 11.6 Å². The van der Waals surface area contributed by atoms with Crippen molar-refractivity contribution in [1.29, 1.82) is 0 Å². The van der Waals surface area contributed by atoms with Crippen molar-refractivity contribution in [1.82, 2.24) is 0 Å². The lowest BCUT2D eigenvalue weighted by molar-refractivity contribution is 0.270. The van der Waals surface area contributed by atoms with E-state index in [1.54, 1.807) is 14.0 Å². The van der Waals surface area contributed by atoms with E-state index in [1.807, 2.05) is 0 Å². The zero-order valence-corrected chi connectivity index (χ0v) is 8.67. The third-order valence-electron chi connectivity index (χ3n) is 2.38. The van der Waals surface area contributed by atoms with Crippen LogP contribution in [-0.2, 0) is 0 Å². The van der Waals surface area contributed by atoms with Crippen LogP contribution >= 0.6 is 0 Å². The summed E-state index contributed by atoms with van der Waals surface area (Å²) in [5.41, 5.74) is 5.61. The topological polar surface area (TPSA) is 49.5 Å². The van der Waals surface area contributed by atoms with E-state index in [2.05, 4.69) is 0 Å². The second kappa shape index (κ2) is 4.44. The molecule has 1 aromatic rings. The molecule has 0 saturated heterocycles. The van der Waals surface area contributed by atoms with E-state index in [1.165, 1.54) is 4.90 Å². The zero-order valence-electron chi connectivity index (χ0n) is 8.67. The first-order valence-corrected chi connectivity index (χ1v) is 4.55. The number of anilines is 2. The summed E-state index contributed by atoms with van der Waals surface area (Å²) in [6.45, 7) is 1.61. The predicted octanol–water partition coefficient (Wildman–Crippen LogP) is 1.36. The van der Waals surface area contributed by atoms with Gasteiger partial charge in [0.1, 0.15) is 5.82 Å². The molecule has 0 aliphatic heterocycles. The van der Waals surface area contributed by atoms with E-state index >= 15 is 0 Å². The minimum atomic E-state index is -0.790. The van der Waals surface area contributed by atoms with Gasteiger partial charge in [-0.05, 0) is 13.0 Å². The lowest BCUT2D eigenvalue weighted by Crippen LogP contribution is -2.32. The van der Waals surface area contributed by atoms with Gasteiger partial charge in [-0.1, -0.05) is 0 Å². The van der Waals surface area contributed by atoms with Gasteiger partial charge in [-0.3, -0.25) is 0 Å². The largest absolute Gasteiger partial charge is 0.395 e. The van der Waals surface area contributed by atoms with Crippen molar-refractivity contribution in [3.63, 3.8) is 0 Å². The zero-order chi connectivity index (χ0) is 11.6. The minimum Gasteiger partial charge on any atom is -0.395 e. The fraction of sp³-hybridized carbons (Fsp3) is 0.400. The molecule has 0 heterocycles. The van der Waals surface area contributed by atoms with Crippen LogP contribution in [0.5, 0.6) is 0 Å². The van der Waals surface area contributed by atoms with Crippen LogP contribution in [0.25, 0.3) is 0 Å². The second-order valence-electron chi connectivity index (χ2n) is 3.46. The molecular formula is C10H14F2N2O. The summed E-state index contributed by atoms with van der Waals surface area (Å²) in [4.78, 5) is 1.53. The van der Waals surface area contributed by atoms with Gasteiger partial charge in [0, 0.05) is 19.2 Å². The van der Waals surface area contributed by atoms with Crippen molar-refractivity contribution in [3.8, 4) is 0 Å². The third kappa shape index (κ3) is 2.36. The second-order valence-corrected chi connectivity index (χ2v) is 3.46. The van der Waals surface area contributed by atoms with Gasteiger partial charge in [-0.2, -0.15) is 0 Å². The number of aliphatic hydroxyl groups is 1. The van der Waals surface area contributed by atoms with E-state index in [0.29, 0.717) is 0 Å². The van der Waals surface area contributed by atoms with Crippen LogP contribution in [0.15, 0.2) is 12.1 Å². The Kier molecular flexibility index (Phi) is 3.47. The van der Waals surface area contributed by atoms with E-state index in [0.717, 1.165) is 12.1 Å². The highest BCUT2D eigenvalue weighted by atomic mass is 19.1. The van der Waals surface area contributed by atoms with E-state index < -0.39 is 11.6 Å². The molecule has 0 bridgehead atoms. The van der Waals surface area contributed by atoms with E-state index in [-0.39, 0.29) is 24.0 Å². The number of hydrogen-bond acceptors (Lipinski definition) is 3. The number of nitrogens with two attached hydrogens (primary N) is 1. The van der Waals surface area contributed by atoms with Gasteiger partial charge in [-0.15, -0.1) is 0 Å². The van der Waals surface area contributed by atoms with Crippen LogP contribution in [0.1, 0.15) is 6.92 Å². The molecule has 1 aromatic carbocycles. The number of hydrogen-bond donors (Lipinski definition) is 2. The molecule has 0 amide bonds. The Bertz CT molecular complexity index is 358. The molecule has 3 nitrogen and oxygen atoms in total. The Morgan fingerprint density at radius 3 is 2.60 bits per heavy atom. The molecule has 5 heteroatoms. The average Bonchev–Trinajstić information content (AvgIpc) is 2.21. The quantitative estimate of drug-likeness (QED) is 0.750. The number of rotatable bonds is 3. The highest BCUT2D eigenvalue weighted by molar-refractivity contribution is 5.68. The van der Waals surface area contributed by atoms with Gasteiger partial charge in [0.15, 0.2) is 5.82 Å². The summed E-state index contributed by atoms with van der Waals surface area (Å²) < 4.78 is 26.1. The van der Waals surface area contributed by atoms with Crippen molar-refractivity contribution < 1.29 is 13.9 Å². The Labute approximate surface area is 87.1 Å². The van der Waals surface area contributed by atoms with Crippen LogP contribution in [0.3, 0.4) is 0 Å². The molecule has 0 aromatic heterocycles. The van der Waals surface area contributed by atoms with Gasteiger partial charge in [-0.25, -0.2) is 8.78 Å². The van der Waals surface area contributed by atoms with Crippen molar-refractivity contribution in [2.24, 2.45) is 0 Å². The minimum absolute atomic E-state index is 0.112. The van der Waals surface area contributed by atoms with Gasteiger partial charge >= 0.3 is 0 Å². The standard InChI is InChI=1S/C10H14F2N2O/c1-6(5-15)14(2)9-4-7(11)3-8(12)10(9)13/h3-4,6,15H,5,13H2,1-2H3. The maximum absolute atomic E-state index is 13.1. The summed E-state index contributed by atoms with van der Waals surface area (Å²) in [5.74, 6) is -1.48. The Morgan fingerprint density at radius 2 is 2.07 bits per heavy atom. The molecule has 0 radical (unpaired) electrons. The molecule has 0 saturated carbocycles. The maximum atomic E-state index is 13.1. The first kappa shape index (κ1) is 11.7. The molecular weight excluding hydrogens is 202 g/mol. The van der Waals surface area contributed by atoms with Gasteiger partial charge in [0.25, 0.3) is 0 Å². The van der Waals surface area contributed by atoms with Crippen molar-refractivity contribution in [3.05, 3.63) is 23.8 Å². The number of nitrogen functional groups attached to an aromatic ring is 1. The van der Waals surface area contributed by atoms with Crippen LogP contribution < -0.4 is 10.6 Å². The number of likely N-dealkylation sites (N-methyl/N-ethyl adjacent to an activating group) is 1. The fourth-order valence-electron chi connectivity index (χ4n) is 1.22. The maximum Gasteiger partial charge on any atom is 0.151 e. The van der Waals surface area contributed by atoms with Crippen LogP contribution in [-0.4, -0.2) is 24.8 Å². The smallest absolute Gasteiger partial charge is 0.151 e. The molecule has 0 spiro atoms. The van der Waals surface area contributed by atoms with E-state index in [9.17, 15) is 8.78 Å². The van der Waals surface area contributed by atoms with Gasteiger partial charge in [0.05, 0.1) is 18.0 Å². The molecule has 1 unspecified atom stereocenters. The monoisotopic (exact) mass is 216 g/mol. The van der Waals surface area contributed by atoms with Gasteiger partial charge in [0.2, 0.25) is 0 Å². The lowest BCUT2D eigenvalue weighted by atomic mass is 10.2. The predicted molar refractivity (Wildman–Crippen MR) is 55.7 cm³/mol. The molecule has 1 rings (SSSR count). The SMILES string of the molecule is CC(CO)N(C)c1cc(F)cc(F)c1N. The number of aliphatic hydroxyl groups excluding tert-OH is 1. The summed E-state index contributed by atoms with van der Waals surface area (Å²) in [6.07, 6.45) is 0. The van der Waals surface area contributed by atoms with E-state index in [4.69, 9.17) is 10.8 Å². The molecule has 0 fully saturated rings. The summed E-state index contributed by atoms with van der Waals surface area (Å²) >= 11 is 0. The molecule has 0 aliphatic rings. The molecule has 0 aliphatic carbocycles. The molecule has 15 heavy (non-hydrogen) atoms. The van der Waals surface area contributed by atoms with Crippen molar-refractivity contribution >= 4 is 11.4 Å². The molecule has 84 valence electrons. The normalized spacial score (nSPS) is 12.6. The summed E-state index contributed by atoms with van der Waals surface area (Å²) in [5, 5.41) is 8.93. The number of nitrogens with zero attached hydrogens (tertiary/aromatic N) is 1. The molecule has 3 N–H and O–H groups in total. The summed E-state index contributed by atoms with van der Waals surface area (Å²) in [7, 11) is 1.62. The number of halogens is 2. The van der Waals surface area contributed by atoms with Crippen molar-refractivity contribution in [2.45, 2.75) is 13.0 Å².